The van der Waals surface area contributed by atoms with Gasteiger partial charge >= 0.3 is 12.4 Å². The smallest absolute Gasteiger partial charge is 0.416 e. The van der Waals surface area contributed by atoms with Crippen molar-refractivity contribution in [1.29, 1.82) is 0 Å². The summed E-state index contributed by atoms with van der Waals surface area (Å²) in [6.45, 7) is 1.49. The molecule has 1 aliphatic heterocycles. The molecule has 0 fully saturated rings. The van der Waals surface area contributed by atoms with Gasteiger partial charge in [0.05, 0.1) is 24.3 Å². The van der Waals surface area contributed by atoms with Crippen molar-refractivity contribution in [3.63, 3.8) is 0 Å². The van der Waals surface area contributed by atoms with Crippen LogP contribution in [0.1, 0.15) is 56.9 Å². The standard InChI is InChI=1S/C28H26F6N2O3S/c1-3-10-35(26(38)18-13-19(27(29,30)31)15-20(14-18)28(32,33)34)16-24(37)36-11-8-23-22(9-12-40-23)25(36)17-4-6-21(39-2)7-5-17/h4-7,9,12-15,25H,3,8,10-11,16H2,1-2H3/t25-/m0/s1. The molecule has 1 aliphatic rings. The summed E-state index contributed by atoms with van der Waals surface area (Å²) >= 11 is 1.56. The lowest BCUT2D eigenvalue weighted by Crippen LogP contribution is -2.47. The van der Waals surface area contributed by atoms with Gasteiger partial charge in [-0.05, 0) is 65.7 Å². The van der Waals surface area contributed by atoms with E-state index in [1.54, 1.807) is 35.3 Å². The predicted molar refractivity (Wildman–Crippen MR) is 137 cm³/mol. The molecule has 1 aromatic heterocycles. The van der Waals surface area contributed by atoms with Gasteiger partial charge in [0.1, 0.15) is 12.3 Å². The number of carbonyl (C=O) groups is 2. The van der Waals surface area contributed by atoms with Crippen LogP contribution in [-0.4, -0.2) is 48.4 Å². The zero-order valence-corrected chi connectivity index (χ0v) is 22.4. The zero-order chi connectivity index (χ0) is 29.2. The zero-order valence-electron chi connectivity index (χ0n) is 21.6. The summed E-state index contributed by atoms with van der Waals surface area (Å²) in [5, 5.41) is 1.92. The molecule has 0 radical (unpaired) electrons. The average molecular weight is 585 g/mol. The topological polar surface area (TPSA) is 49.9 Å². The van der Waals surface area contributed by atoms with Gasteiger partial charge in [0, 0.05) is 23.5 Å². The second-order valence-electron chi connectivity index (χ2n) is 9.33. The van der Waals surface area contributed by atoms with Gasteiger partial charge < -0.3 is 14.5 Å². The van der Waals surface area contributed by atoms with Crippen molar-refractivity contribution in [1.82, 2.24) is 9.80 Å². The lowest BCUT2D eigenvalue weighted by molar-refractivity contribution is -0.143. The molecule has 5 nitrogen and oxygen atoms in total. The first-order chi connectivity index (χ1) is 18.8. The molecule has 0 bridgehead atoms. The maximum atomic E-state index is 13.7. The lowest BCUT2D eigenvalue weighted by atomic mass is 9.93. The third-order valence-electron chi connectivity index (χ3n) is 6.66. The number of hydrogen-bond acceptors (Lipinski definition) is 4. The molecule has 4 rings (SSSR count). The molecule has 2 heterocycles. The monoisotopic (exact) mass is 584 g/mol. The highest BCUT2D eigenvalue weighted by atomic mass is 32.1. The van der Waals surface area contributed by atoms with Gasteiger partial charge in [-0.15, -0.1) is 11.3 Å². The van der Waals surface area contributed by atoms with E-state index < -0.39 is 53.4 Å². The molecule has 2 aromatic carbocycles. The van der Waals surface area contributed by atoms with Gasteiger partial charge in [0.15, 0.2) is 0 Å². The second kappa shape index (κ2) is 11.5. The number of nitrogens with zero attached hydrogens (tertiary/aromatic N) is 2. The number of halogens is 6. The molecule has 214 valence electrons. The van der Waals surface area contributed by atoms with Crippen LogP contribution >= 0.6 is 11.3 Å². The van der Waals surface area contributed by atoms with Crippen LogP contribution in [0.3, 0.4) is 0 Å². The van der Waals surface area contributed by atoms with Gasteiger partial charge in [0.2, 0.25) is 5.91 Å². The van der Waals surface area contributed by atoms with E-state index >= 15 is 0 Å². The van der Waals surface area contributed by atoms with E-state index in [1.165, 1.54) is 7.11 Å². The minimum atomic E-state index is -5.10. The average Bonchev–Trinajstić information content (AvgIpc) is 3.39. The molecule has 1 atom stereocenters. The number of ether oxygens (including phenoxy) is 1. The number of fused-ring (bicyclic) bond motifs is 1. The van der Waals surface area contributed by atoms with Gasteiger partial charge in [-0.1, -0.05) is 19.1 Å². The maximum Gasteiger partial charge on any atom is 0.416 e. The van der Waals surface area contributed by atoms with Gasteiger partial charge in [0.25, 0.3) is 5.91 Å². The van der Waals surface area contributed by atoms with Crippen molar-refractivity contribution in [3.05, 3.63) is 86.6 Å². The Morgan fingerprint density at radius 1 is 1.00 bits per heavy atom. The highest BCUT2D eigenvalue weighted by Crippen LogP contribution is 2.39. The van der Waals surface area contributed by atoms with E-state index in [4.69, 9.17) is 4.74 Å². The number of rotatable bonds is 7. The molecule has 0 saturated carbocycles. The SMILES string of the molecule is CCCN(CC(=O)N1CCc2sccc2[C@@H]1c1ccc(OC)cc1)C(=O)c1cc(C(F)(F)F)cc(C(F)(F)F)c1. The van der Waals surface area contributed by atoms with E-state index in [-0.39, 0.29) is 12.6 Å². The van der Waals surface area contributed by atoms with E-state index in [0.717, 1.165) is 20.9 Å². The maximum absolute atomic E-state index is 13.7. The molecule has 0 unspecified atom stereocenters. The van der Waals surface area contributed by atoms with E-state index in [9.17, 15) is 35.9 Å². The van der Waals surface area contributed by atoms with Crippen LogP contribution in [0, 0.1) is 0 Å². The van der Waals surface area contributed by atoms with Gasteiger partial charge in [-0.25, -0.2) is 0 Å². The normalized spacial score (nSPS) is 15.5. The quantitative estimate of drug-likeness (QED) is 0.287. The Labute approximate surface area is 231 Å². The Morgan fingerprint density at radius 3 is 2.17 bits per heavy atom. The van der Waals surface area contributed by atoms with Crippen molar-refractivity contribution < 1.29 is 40.7 Å². The Bertz CT molecular complexity index is 1340. The highest BCUT2D eigenvalue weighted by molar-refractivity contribution is 7.10. The molecule has 0 saturated heterocycles. The number of carbonyl (C=O) groups excluding carboxylic acids is 2. The van der Waals surface area contributed by atoms with Crippen LogP contribution in [0.4, 0.5) is 26.3 Å². The van der Waals surface area contributed by atoms with Crippen LogP contribution in [0.25, 0.3) is 0 Å². The Morgan fingerprint density at radius 2 is 1.62 bits per heavy atom. The van der Waals surface area contributed by atoms with E-state index in [2.05, 4.69) is 0 Å². The summed E-state index contributed by atoms with van der Waals surface area (Å²) in [6.07, 6.45) is -9.28. The molecule has 0 aliphatic carbocycles. The van der Waals surface area contributed by atoms with Crippen molar-refractivity contribution in [3.8, 4) is 5.75 Å². The second-order valence-corrected chi connectivity index (χ2v) is 10.3. The molecule has 40 heavy (non-hydrogen) atoms. The fraction of sp³-hybridized carbons (Fsp3) is 0.357. The number of methoxy groups -OCH3 is 1. The van der Waals surface area contributed by atoms with Crippen molar-refractivity contribution in [2.45, 2.75) is 38.2 Å². The van der Waals surface area contributed by atoms with E-state index in [0.29, 0.717) is 37.3 Å². The van der Waals surface area contributed by atoms with Crippen LogP contribution in [0.2, 0.25) is 0 Å². The first-order valence-corrected chi connectivity index (χ1v) is 13.3. The van der Waals surface area contributed by atoms with Crippen LogP contribution in [-0.2, 0) is 23.6 Å². The van der Waals surface area contributed by atoms with E-state index in [1.807, 2.05) is 23.6 Å². The number of thiophene rings is 1. The van der Waals surface area contributed by atoms with Crippen LogP contribution < -0.4 is 4.74 Å². The molecule has 0 N–H and O–H groups in total. The first-order valence-electron chi connectivity index (χ1n) is 12.4. The summed E-state index contributed by atoms with van der Waals surface area (Å²) in [7, 11) is 1.53. The van der Waals surface area contributed by atoms with Crippen LogP contribution in [0.5, 0.6) is 5.75 Å². The fourth-order valence-electron chi connectivity index (χ4n) is 4.77. The van der Waals surface area contributed by atoms with Crippen molar-refractivity contribution in [2.24, 2.45) is 0 Å². The lowest BCUT2D eigenvalue weighted by Gasteiger charge is -2.37. The first kappa shape index (κ1) is 29.4. The van der Waals surface area contributed by atoms with Crippen molar-refractivity contribution in [2.75, 3.05) is 26.7 Å². The molecule has 2 amide bonds. The Hall–Kier alpha value is -3.54. The number of alkyl halides is 6. The summed E-state index contributed by atoms with van der Waals surface area (Å²) in [4.78, 5) is 30.7. The van der Waals surface area contributed by atoms with Gasteiger partial charge in [-0.2, -0.15) is 26.3 Å². The molecular formula is C28H26F6N2O3S. The summed E-state index contributed by atoms with van der Waals surface area (Å²) < 4.78 is 85.6. The van der Waals surface area contributed by atoms with Crippen LogP contribution in [0.15, 0.2) is 53.9 Å². The molecule has 0 spiro atoms. The minimum Gasteiger partial charge on any atom is -0.497 e. The number of benzene rings is 2. The predicted octanol–water partition coefficient (Wildman–Crippen LogP) is 6.82. The summed E-state index contributed by atoms with van der Waals surface area (Å²) in [6, 6.07) is 9.38. The van der Waals surface area contributed by atoms with Crippen molar-refractivity contribution >= 4 is 23.2 Å². The third-order valence-corrected chi connectivity index (χ3v) is 7.66. The largest absolute Gasteiger partial charge is 0.497 e. The number of hydrogen-bond donors (Lipinski definition) is 0. The Balaban J connectivity index is 1.66. The minimum absolute atomic E-state index is 0.0300. The summed E-state index contributed by atoms with van der Waals surface area (Å²) in [5.41, 5.74) is -2.23. The fourth-order valence-corrected chi connectivity index (χ4v) is 5.67. The summed E-state index contributed by atoms with van der Waals surface area (Å²) in [5.74, 6) is -0.925. The third kappa shape index (κ3) is 6.27. The Kier molecular flexibility index (Phi) is 8.48. The number of amides is 2. The molecule has 12 heteroatoms. The van der Waals surface area contributed by atoms with Gasteiger partial charge in [-0.3, -0.25) is 9.59 Å². The molecular weight excluding hydrogens is 558 g/mol. The molecule has 3 aromatic rings. The highest BCUT2D eigenvalue weighted by Gasteiger charge is 2.39.